The van der Waals surface area contributed by atoms with E-state index in [1.54, 1.807) is 7.11 Å². The highest BCUT2D eigenvalue weighted by Gasteiger charge is 2.54. The van der Waals surface area contributed by atoms with Gasteiger partial charge in [-0.05, 0) is 30.5 Å². The van der Waals surface area contributed by atoms with Crippen LogP contribution in [0.15, 0.2) is 18.2 Å². The Kier molecular flexibility index (Phi) is 4.92. The van der Waals surface area contributed by atoms with E-state index < -0.39 is 11.6 Å². The molecular weight excluding hydrogens is 304 g/mol. The van der Waals surface area contributed by atoms with Gasteiger partial charge in [-0.1, -0.05) is 6.07 Å². The summed E-state index contributed by atoms with van der Waals surface area (Å²) in [4.78, 5) is 12.1. The number of hydrogen-bond donors (Lipinski definition) is 1. The molecule has 4 nitrogen and oxygen atoms in total. The first-order valence-corrected chi connectivity index (χ1v) is 7.94. The van der Waals surface area contributed by atoms with Crippen LogP contribution in [0.1, 0.15) is 18.4 Å². The van der Waals surface area contributed by atoms with Crippen molar-refractivity contribution >= 4 is 5.91 Å². The molecule has 1 amide bonds. The van der Waals surface area contributed by atoms with Crippen LogP contribution in [0.4, 0.5) is 8.78 Å². The minimum atomic E-state index is -0.881. The van der Waals surface area contributed by atoms with Crippen LogP contribution >= 0.6 is 0 Å². The SMILES string of the molecule is COC[C@@H]1[C@H](NC(=O)CCc2ccc(F)c(F)c2)[C@@H]2CCO[C@H]12. The zero-order valence-electron chi connectivity index (χ0n) is 13.1. The average molecular weight is 325 g/mol. The van der Waals surface area contributed by atoms with E-state index in [-0.39, 0.29) is 30.4 Å². The van der Waals surface area contributed by atoms with Gasteiger partial charge in [0.1, 0.15) is 0 Å². The molecular formula is C17H21F2NO3. The lowest BCUT2D eigenvalue weighted by molar-refractivity contribution is -0.129. The lowest BCUT2D eigenvalue weighted by Gasteiger charge is -2.47. The van der Waals surface area contributed by atoms with Gasteiger partial charge in [0, 0.05) is 38.0 Å². The van der Waals surface area contributed by atoms with Gasteiger partial charge >= 0.3 is 0 Å². The number of rotatable bonds is 6. The third-order valence-corrected chi connectivity index (χ3v) is 4.84. The third kappa shape index (κ3) is 3.38. The predicted octanol–water partition coefficient (Wildman–Crippen LogP) is 2.06. The van der Waals surface area contributed by atoms with E-state index in [2.05, 4.69) is 5.32 Å². The number of aryl methyl sites for hydroxylation is 1. The van der Waals surface area contributed by atoms with E-state index in [1.807, 2.05) is 0 Å². The molecule has 1 aliphatic heterocycles. The smallest absolute Gasteiger partial charge is 0.220 e. The van der Waals surface area contributed by atoms with Gasteiger partial charge in [0.05, 0.1) is 12.7 Å². The lowest BCUT2D eigenvalue weighted by Crippen LogP contribution is -2.62. The standard InChI is InChI=1S/C17H21F2NO3/c1-22-9-12-16(11-6-7-23-17(11)12)20-15(21)5-3-10-2-4-13(18)14(19)8-10/h2,4,8,11-12,16-17H,3,5-7,9H2,1H3,(H,20,21)/t11-,12+,16+,17-/m0/s1. The highest BCUT2D eigenvalue weighted by Crippen LogP contribution is 2.43. The first-order chi connectivity index (χ1) is 11.1. The maximum Gasteiger partial charge on any atom is 0.220 e. The summed E-state index contributed by atoms with van der Waals surface area (Å²) in [6, 6.07) is 3.81. The summed E-state index contributed by atoms with van der Waals surface area (Å²) in [5.74, 6) is -1.27. The molecule has 1 saturated carbocycles. The minimum absolute atomic E-state index is 0.0776. The highest BCUT2D eigenvalue weighted by molar-refractivity contribution is 5.76. The summed E-state index contributed by atoms with van der Waals surface area (Å²) in [6.45, 7) is 1.30. The number of halogens is 2. The molecule has 0 aromatic heterocycles. The molecule has 6 heteroatoms. The zero-order chi connectivity index (χ0) is 16.4. The third-order valence-electron chi connectivity index (χ3n) is 4.84. The number of ether oxygens (including phenoxy) is 2. The van der Waals surface area contributed by atoms with Gasteiger partial charge in [-0.3, -0.25) is 4.79 Å². The van der Waals surface area contributed by atoms with Crippen molar-refractivity contribution < 1.29 is 23.0 Å². The molecule has 0 spiro atoms. The average Bonchev–Trinajstić information content (AvgIpc) is 2.96. The Morgan fingerprint density at radius 2 is 2.22 bits per heavy atom. The summed E-state index contributed by atoms with van der Waals surface area (Å²) in [5.41, 5.74) is 0.614. The Hall–Kier alpha value is -1.53. The highest BCUT2D eigenvalue weighted by atomic mass is 19.2. The number of hydrogen-bond acceptors (Lipinski definition) is 3. The molecule has 1 aromatic rings. The minimum Gasteiger partial charge on any atom is -0.384 e. The van der Waals surface area contributed by atoms with E-state index in [1.165, 1.54) is 6.07 Å². The van der Waals surface area contributed by atoms with Crippen LogP contribution in [0.25, 0.3) is 0 Å². The summed E-state index contributed by atoms with van der Waals surface area (Å²) in [5, 5.41) is 3.05. The number of methoxy groups -OCH3 is 1. The van der Waals surface area contributed by atoms with E-state index in [0.717, 1.165) is 25.2 Å². The lowest BCUT2D eigenvalue weighted by atomic mass is 9.67. The summed E-state index contributed by atoms with van der Waals surface area (Å²) >= 11 is 0. The predicted molar refractivity (Wildman–Crippen MR) is 79.8 cm³/mol. The van der Waals surface area contributed by atoms with Crippen LogP contribution in [-0.2, 0) is 20.7 Å². The number of carbonyl (C=O) groups excluding carboxylic acids is 1. The van der Waals surface area contributed by atoms with Gasteiger partial charge in [0.2, 0.25) is 5.91 Å². The number of carbonyl (C=O) groups is 1. The van der Waals surface area contributed by atoms with Crippen LogP contribution < -0.4 is 5.32 Å². The van der Waals surface area contributed by atoms with Crippen molar-refractivity contribution in [3.05, 3.63) is 35.4 Å². The molecule has 0 bridgehead atoms. The van der Waals surface area contributed by atoms with Gasteiger partial charge < -0.3 is 14.8 Å². The Morgan fingerprint density at radius 3 is 2.96 bits per heavy atom. The fourth-order valence-corrected chi connectivity index (χ4v) is 3.65. The monoisotopic (exact) mass is 325 g/mol. The Bertz CT molecular complexity index is 581. The molecule has 1 saturated heterocycles. The maximum atomic E-state index is 13.2. The number of fused-ring (bicyclic) bond motifs is 1. The van der Waals surface area contributed by atoms with Crippen molar-refractivity contribution in [1.82, 2.24) is 5.32 Å². The Morgan fingerprint density at radius 1 is 1.39 bits per heavy atom. The molecule has 2 fully saturated rings. The molecule has 1 heterocycles. The van der Waals surface area contributed by atoms with E-state index >= 15 is 0 Å². The molecule has 4 atom stereocenters. The summed E-state index contributed by atoms with van der Waals surface area (Å²) < 4.78 is 36.9. The van der Waals surface area contributed by atoms with Crippen molar-refractivity contribution in [2.24, 2.45) is 11.8 Å². The van der Waals surface area contributed by atoms with Crippen LogP contribution in [-0.4, -0.2) is 38.4 Å². The van der Waals surface area contributed by atoms with Gasteiger partial charge in [-0.15, -0.1) is 0 Å². The van der Waals surface area contributed by atoms with Crippen LogP contribution in [0.2, 0.25) is 0 Å². The fourth-order valence-electron chi connectivity index (χ4n) is 3.65. The molecule has 1 aromatic carbocycles. The number of amides is 1. The van der Waals surface area contributed by atoms with Crippen molar-refractivity contribution in [2.45, 2.75) is 31.4 Å². The second kappa shape index (κ2) is 6.93. The van der Waals surface area contributed by atoms with Crippen molar-refractivity contribution in [2.75, 3.05) is 20.3 Å². The van der Waals surface area contributed by atoms with E-state index in [9.17, 15) is 13.6 Å². The second-order valence-electron chi connectivity index (χ2n) is 6.25. The van der Waals surface area contributed by atoms with Gasteiger partial charge in [0.25, 0.3) is 0 Å². The molecule has 0 radical (unpaired) electrons. The van der Waals surface area contributed by atoms with Crippen LogP contribution in [0, 0.1) is 23.5 Å². The van der Waals surface area contributed by atoms with Gasteiger partial charge in [-0.2, -0.15) is 0 Å². The molecule has 3 rings (SSSR count). The molecule has 126 valence electrons. The van der Waals surface area contributed by atoms with Crippen molar-refractivity contribution in [3.8, 4) is 0 Å². The van der Waals surface area contributed by atoms with Crippen LogP contribution in [0.3, 0.4) is 0 Å². The summed E-state index contributed by atoms with van der Waals surface area (Å²) in [7, 11) is 1.64. The quantitative estimate of drug-likeness (QED) is 0.871. The maximum absolute atomic E-state index is 13.2. The number of benzene rings is 1. The topological polar surface area (TPSA) is 47.6 Å². The van der Waals surface area contributed by atoms with Crippen LogP contribution in [0.5, 0.6) is 0 Å². The summed E-state index contributed by atoms with van der Waals surface area (Å²) in [6.07, 6.45) is 1.78. The Balaban J connectivity index is 1.51. The van der Waals surface area contributed by atoms with Crippen molar-refractivity contribution in [3.63, 3.8) is 0 Å². The van der Waals surface area contributed by atoms with Crippen molar-refractivity contribution in [1.29, 1.82) is 0 Å². The largest absolute Gasteiger partial charge is 0.384 e. The molecule has 2 aliphatic rings. The van der Waals surface area contributed by atoms with Gasteiger partial charge in [0.15, 0.2) is 11.6 Å². The second-order valence-corrected chi connectivity index (χ2v) is 6.25. The Labute approximate surface area is 134 Å². The molecule has 0 unspecified atom stereocenters. The number of nitrogens with one attached hydrogen (secondary N) is 1. The van der Waals surface area contributed by atoms with E-state index in [0.29, 0.717) is 24.5 Å². The van der Waals surface area contributed by atoms with Gasteiger partial charge in [-0.25, -0.2) is 8.78 Å². The fraction of sp³-hybridized carbons (Fsp3) is 0.588. The molecule has 1 aliphatic carbocycles. The van der Waals surface area contributed by atoms with E-state index in [4.69, 9.17) is 9.47 Å². The zero-order valence-corrected chi connectivity index (χ0v) is 13.1. The first-order valence-electron chi connectivity index (χ1n) is 7.94. The molecule has 1 N–H and O–H groups in total. The first kappa shape index (κ1) is 16.3. The molecule has 23 heavy (non-hydrogen) atoms. The normalized spacial score (nSPS) is 29.0.